The van der Waals surface area contributed by atoms with Crippen molar-refractivity contribution in [2.45, 2.75) is 39.8 Å². The maximum absolute atomic E-state index is 12.8. The molecule has 0 aliphatic carbocycles. The zero-order valence-electron chi connectivity index (χ0n) is 19.1. The van der Waals surface area contributed by atoms with Crippen molar-refractivity contribution in [3.05, 3.63) is 70.6 Å². The number of fused-ring (bicyclic) bond motifs is 1. The fraction of sp³-hybridized carbons (Fsp3) is 0.320. The molecule has 2 aromatic carbocycles. The van der Waals surface area contributed by atoms with Crippen LogP contribution in [0.4, 0.5) is 5.69 Å². The minimum Gasteiger partial charge on any atom is -0.493 e. The molecule has 0 bridgehead atoms. The second-order valence-electron chi connectivity index (χ2n) is 7.98. The van der Waals surface area contributed by atoms with Gasteiger partial charge in [-0.2, -0.15) is 0 Å². The lowest BCUT2D eigenvalue weighted by Gasteiger charge is -2.22. The fourth-order valence-electron chi connectivity index (χ4n) is 4.00. The van der Waals surface area contributed by atoms with Crippen LogP contribution in [0.25, 0.3) is 0 Å². The predicted octanol–water partition coefficient (Wildman–Crippen LogP) is 4.01. The number of anilines is 1. The number of rotatable bonds is 7. The molecule has 1 aromatic heterocycles. The van der Waals surface area contributed by atoms with Crippen LogP contribution in [0.3, 0.4) is 0 Å². The quantitative estimate of drug-likeness (QED) is 0.502. The fourth-order valence-corrected chi connectivity index (χ4v) is 4.00. The summed E-state index contributed by atoms with van der Waals surface area (Å²) in [7, 11) is 1.49. The van der Waals surface area contributed by atoms with Gasteiger partial charge in [-0.05, 0) is 57.0 Å². The third-order valence-corrected chi connectivity index (χ3v) is 5.76. The van der Waals surface area contributed by atoms with E-state index < -0.39 is 5.97 Å². The number of hydrogen-bond donors (Lipinski definition) is 0. The number of para-hydroxylation sites is 1. The highest BCUT2D eigenvalue weighted by Crippen LogP contribution is 2.32. The second kappa shape index (κ2) is 9.36. The number of ether oxygens (including phenoxy) is 3. The van der Waals surface area contributed by atoms with E-state index in [1.807, 2.05) is 45.0 Å². The monoisotopic (exact) mass is 450 g/mol. The molecule has 0 radical (unpaired) electrons. The van der Waals surface area contributed by atoms with E-state index in [-0.39, 0.29) is 30.7 Å². The van der Waals surface area contributed by atoms with Crippen LogP contribution in [0, 0.1) is 13.8 Å². The molecule has 1 amide bonds. The van der Waals surface area contributed by atoms with E-state index in [2.05, 4.69) is 5.16 Å². The van der Waals surface area contributed by atoms with Gasteiger partial charge in [-0.1, -0.05) is 23.4 Å². The molecular formula is C25H26N2O6. The summed E-state index contributed by atoms with van der Waals surface area (Å²) in [5, 5.41) is 3.91. The molecule has 1 aliphatic rings. The van der Waals surface area contributed by atoms with Crippen LogP contribution < -0.4 is 14.4 Å². The van der Waals surface area contributed by atoms with Gasteiger partial charge >= 0.3 is 5.97 Å². The van der Waals surface area contributed by atoms with Gasteiger partial charge in [0.25, 0.3) is 5.91 Å². The first kappa shape index (κ1) is 22.4. The van der Waals surface area contributed by atoms with Crippen molar-refractivity contribution in [1.29, 1.82) is 0 Å². The standard InChI is InChI=1S/C25H26N2O6/c1-15-11-18-7-5-6-8-21(18)27(15)24(28)14-32-25(29)19-9-10-22(23(12-19)30-4)31-13-20-16(2)26-33-17(20)3/h5-10,12,15H,11,13-14H2,1-4H3. The van der Waals surface area contributed by atoms with Gasteiger partial charge in [-0.25, -0.2) is 4.79 Å². The number of esters is 1. The third kappa shape index (κ3) is 4.55. The Hall–Kier alpha value is -3.81. The Bertz CT molecular complexity index is 1170. The molecule has 33 heavy (non-hydrogen) atoms. The molecule has 172 valence electrons. The van der Waals surface area contributed by atoms with E-state index >= 15 is 0 Å². The Morgan fingerprint density at radius 2 is 1.94 bits per heavy atom. The maximum Gasteiger partial charge on any atom is 0.338 e. The minimum absolute atomic E-state index is 0.0165. The summed E-state index contributed by atoms with van der Waals surface area (Å²) < 4.78 is 21.7. The number of benzene rings is 2. The van der Waals surface area contributed by atoms with Crippen LogP contribution in [-0.4, -0.2) is 36.8 Å². The number of aryl methyl sites for hydroxylation is 2. The molecule has 1 aliphatic heterocycles. The van der Waals surface area contributed by atoms with Gasteiger partial charge in [0.05, 0.1) is 23.9 Å². The van der Waals surface area contributed by atoms with Gasteiger partial charge in [-0.15, -0.1) is 0 Å². The van der Waals surface area contributed by atoms with Crippen LogP contribution in [0.1, 0.15) is 39.9 Å². The van der Waals surface area contributed by atoms with Gasteiger partial charge in [0, 0.05) is 11.7 Å². The van der Waals surface area contributed by atoms with Crippen molar-refractivity contribution in [2.24, 2.45) is 0 Å². The van der Waals surface area contributed by atoms with Crippen LogP contribution in [0.5, 0.6) is 11.5 Å². The summed E-state index contributed by atoms with van der Waals surface area (Å²) >= 11 is 0. The van der Waals surface area contributed by atoms with Crippen molar-refractivity contribution >= 4 is 17.6 Å². The highest BCUT2D eigenvalue weighted by atomic mass is 16.5. The van der Waals surface area contributed by atoms with E-state index in [0.29, 0.717) is 17.3 Å². The van der Waals surface area contributed by atoms with Crippen molar-refractivity contribution < 1.29 is 28.3 Å². The predicted molar refractivity (Wildman–Crippen MR) is 121 cm³/mol. The number of hydrogen-bond acceptors (Lipinski definition) is 7. The van der Waals surface area contributed by atoms with E-state index in [0.717, 1.165) is 28.9 Å². The van der Waals surface area contributed by atoms with Crippen LogP contribution in [0.15, 0.2) is 47.0 Å². The number of nitrogens with zero attached hydrogens (tertiary/aromatic N) is 2. The van der Waals surface area contributed by atoms with E-state index in [1.165, 1.54) is 13.2 Å². The van der Waals surface area contributed by atoms with E-state index in [9.17, 15) is 9.59 Å². The van der Waals surface area contributed by atoms with Crippen molar-refractivity contribution in [1.82, 2.24) is 5.16 Å². The van der Waals surface area contributed by atoms with Gasteiger partial charge in [0.2, 0.25) is 0 Å². The number of aromatic nitrogens is 1. The highest BCUT2D eigenvalue weighted by Gasteiger charge is 2.31. The first-order valence-corrected chi connectivity index (χ1v) is 10.7. The molecule has 1 unspecified atom stereocenters. The van der Waals surface area contributed by atoms with Crippen molar-refractivity contribution in [3.8, 4) is 11.5 Å². The number of amides is 1. The number of carbonyl (C=O) groups is 2. The SMILES string of the molecule is COc1cc(C(=O)OCC(=O)N2c3ccccc3CC2C)ccc1OCc1c(C)noc1C. The van der Waals surface area contributed by atoms with Crippen molar-refractivity contribution in [3.63, 3.8) is 0 Å². The number of methoxy groups -OCH3 is 1. The normalized spacial score (nSPS) is 14.7. The molecule has 0 fully saturated rings. The van der Waals surface area contributed by atoms with Crippen LogP contribution in [0.2, 0.25) is 0 Å². The smallest absolute Gasteiger partial charge is 0.338 e. The largest absolute Gasteiger partial charge is 0.493 e. The Balaban J connectivity index is 1.40. The molecule has 0 saturated heterocycles. The average Bonchev–Trinajstić information content (AvgIpc) is 3.33. The van der Waals surface area contributed by atoms with Gasteiger partial charge in [-0.3, -0.25) is 4.79 Å². The Morgan fingerprint density at radius 3 is 2.67 bits per heavy atom. The van der Waals surface area contributed by atoms with Gasteiger partial charge in [0.15, 0.2) is 18.1 Å². The van der Waals surface area contributed by atoms with Gasteiger partial charge < -0.3 is 23.6 Å². The second-order valence-corrected chi connectivity index (χ2v) is 7.98. The first-order valence-electron chi connectivity index (χ1n) is 10.7. The Morgan fingerprint density at radius 1 is 1.15 bits per heavy atom. The molecule has 1 atom stereocenters. The summed E-state index contributed by atoms with van der Waals surface area (Å²) in [5.74, 6) is 0.662. The Labute approximate surface area is 192 Å². The zero-order chi connectivity index (χ0) is 23.5. The summed E-state index contributed by atoms with van der Waals surface area (Å²) in [6.07, 6.45) is 0.780. The number of carbonyl (C=O) groups excluding carboxylic acids is 2. The molecule has 8 nitrogen and oxygen atoms in total. The lowest BCUT2D eigenvalue weighted by Crippen LogP contribution is -2.38. The lowest BCUT2D eigenvalue weighted by atomic mass is 10.1. The molecule has 0 spiro atoms. The molecule has 0 saturated carbocycles. The minimum atomic E-state index is -0.612. The van der Waals surface area contributed by atoms with E-state index in [1.54, 1.807) is 17.0 Å². The molecule has 0 N–H and O–H groups in total. The topological polar surface area (TPSA) is 91.1 Å². The van der Waals surface area contributed by atoms with Crippen LogP contribution >= 0.6 is 0 Å². The molecule has 8 heteroatoms. The first-order chi connectivity index (χ1) is 15.9. The molecular weight excluding hydrogens is 424 g/mol. The third-order valence-electron chi connectivity index (χ3n) is 5.76. The van der Waals surface area contributed by atoms with Gasteiger partial charge in [0.1, 0.15) is 12.4 Å². The average molecular weight is 450 g/mol. The summed E-state index contributed by atoms with van der Waals surface area (Å²) in [4.78, 5) is 27.1. The summed E-state index contributed by atoms with van der Waals surface area (Å²) in [6, 6.07) is 12.5. The molecule has 4 rings (SSSR count). The summed E-state index contributed by atoms with van der Waals surface area (Å²) in [5.41, 5.74) is 3.86. The highest BCUT2D eigenvalue weighted by molar-refractivity contribution is 5.99. The van der Waals surface area contributed by atoms with Crippen LogP contribution in [-0.2, 0) is 22.6 Å². The molecule has 2 heterocycles. The van der Waals surface area contributed by atoms with Crippen molar-refractivity contribution in [2.75, 3.05) is 18.6 Å². The Kier molecular flexibility index (Phi) is 6.35. The maximum atomic E-state index is 12.8. The lowest BCUT2D eigenvalue weighted by molar-refractivity contribution is -0.122. The summed E-state index contributed by atoms with van der Waals surface area (Å²) in [6.45, 7) is 5.55. The zero-order valence-corrected chi connectivity index (χ0v) is 19.1. The molecule has 3 aromatic rings. The van der Waals surface area contributed by atoms with E-state index in [4.69, 9.17) is 18.7 Å².